The van der Waals surface area contributed by atoms with Gasteiger partial charge in [-0.2, -0.15) is 4.31 Å². The molecule has 0 bridgehead atoms. The maximum Gasteiger partial charge on any atom is 0.246 e. The van der Waals surface area contributed by atoms with Crippen molar-refractivity contribution in [3.63, 3.8) is 0 Å². The van der Waals surface area contributed by atoms with Crippen molar-refractivity contribution in [2.75, 3.05) is 7.05 Å². The van der Waals surface area contributed by atoms with E-state index in [9.17, 15) is 8.42 Å². The maximum atomic E-state index is 12.4. The zero-order chi connectivity index (χ0) is 14.8. The number of benzene rings is 1. The van der Waals surface area contributed by atoms with E-state index in [1.807, 2.05) is 31.2 Å². The molecule has 5 nitrogen and oxygen atoms in total. The third-order valence-corrected chi connectivity index (χ3v) is 4.91. The van der Waals surface area contributed by atoms with Gasteiger partial charge in [-0.25, -0.2) is 18.4 Å². The van der Waals surface area contributed by atoms with Gasteiger partial charge in [0.25, 0.3) is 0 Å². The molecule has 0 radical (unpaired) electrons. The van der Waals surface area contributed by atoms with Crippen LogP contribution in [0.4, 0.5) is 0 Å². The van der Waals surface area contributed by atoms with E-state index in [-0.39, 0.29) is 16.7 Å². The van der Waals surface area contributed by atoms with E-state index in [1.54, 1.807) is 0 Å². The summed E-state index contributed by atoms with van der Waals surface area (Å²) < 4.78 is 26.0. The van der Waals surface area contributed by atoms with E-state index in [0.717, 1.165) is 11.1 Å². The highest BCUT2D eigenvalue weighted by molar-refractivity contribution is 7.89. The third-order valence-electron chi connectivity index (χ3n) is 2.96. The van der Waals surface area contributed by atoms with Crippen molar-refractivity contribution in [1.29, 1.82) is 0 Å². The topological polar surface area (TPSA) is 63.2 Å². The molecule has 7 heteroatoms. The number of halogens is 1. The van der Waals surface area contributed by atoms with E-state index in [2.05, 4.69) is 9.97 Å². The molecule has 1 heterocycles. The minimum atomic E-state index is -3.62. The first-order valence-electron chi connectivity index (χ1n) is 5.89. The highest BCUT2D eigenvalue weighted by Crippen LogP contribution is 2.17. The second-order valence-electron chi connectivity index (χ2n) is 4.38. The molecular formula is C13H14ClN3O2S. The first-order chi connectivity index (χ1) is 9.41. The second kappa shape index (κ2) is 5.87. The highest BCUT2D eigenvalue weighted by Gasteiger charge is 2.22. The van der Waals surface area contributed by atoms with Gasteiger partial charge >= 0.3 is 0 Å². The molecule has 0 unspecified atom stereocenters. The number of sulfonamides is 1. The number of aromatic nitrogens is 2. The van der Waals surface area contributed by atoms with Gasteiger partial charge in [-0.1, -0.05) is 24.3 Å². The van der Waals surface area contributed by atoms with Crippen molar-refractivity contribution in [1.82, 2.24) is 14.3 Å². The van der Waals surface area contributed by atoms with E-state index in [1.165, 1.54) is 23.7 Å². The van der Waals surface area contributed by atoms with Crippen molar-refractivity contribution >= 4 is 21.6 Å². The fraction of sp³-hybridized carbons (Fsp3) is 0.231. The summed E-state index contributed by atoms with van der Waals surface area (Å²) in [6.45, 7) is 2.23. The lowest BCUT2D eigenvalue weighted by atomic mass is 10.1. The van der Waals surface area contributed by atoms with Crippen LogP contribution in [0.2, 0.25) is 5.28 Å². The molecule has 2 aromatic rings. The molecule has 2 rings (SSSR count). The van der Waals surface area contributed by atoms with Crippen LogP contribution in [0.5, 0.6) is 0 Å². The fourth-order valence-electron chi connectivity index (χ4n) is 1.73. The monoisotopic (exact) mass is 311 g/mol. The number of hydrogen-bond acceptors (Lipinski definition) is 4. The van der Waals surface area contributed by atoms with E-state index >= 15 is 0 Å². The molecule has 1 aromatic carbocycles. The molecule has 0 spiro atoms. The molecular weight excluding hydrogens is 298 g/mol. The van der Waals surface area contributed by atoms with Crippen LogP contribution in [-0.4, -0.2) is 29.7 Å². The molecule has 0 amide bonds. The van der Waals surface area contributed by atoms with Gasteiger partial charge in [0.15, 0.2) is 0 Å². The van der Waals surface area contributed by atoms with Crippen LogP contribution in [0.3, 0.4) is 0 Å². The van der Waals surface area contributed by atoms with Crippen LogP contribution < -0.4 is 0 Å². The zero-order valence-electron chi connectivity index (χ0n) is 11.1. The van der Waals surface area contributed by atoms with Crippen LogP contribution in [0.25, 0.3) is 0 Å². The van der Waals surface area contributed by atoms with Crippen molar-refractivity contribution in [3.8, 4) is 0 Å². The van der Waals surface area contributed by atoms with Gasteiger partial charge in [0.2, 0.25) is 15.3 Å². The number of hydrogen-bond donors (Lipinski definition) is 0. The third kappa shape index (κ3) is 3.15. The van der Waals surface area contributed by atoms with E-state index < -0.39 is 10.0 Å². The summed E-state index contributed by atoms with van der Waals surface area (Å²) in [4.78, 5) is 7.43. The van der Waals surface area contributed by atoms with Crippen LogP contribution in [0.15, 0.2) is 41.6 Å². The molecule has 0 saturated heterocycles. The van der Waals surface area contributed by atoms with E-state index in [0.29, 0.717) is 0 Å². The average molecular weight is 312 g/mol. The Morgan fingerprint density at radius 1 is 1.20 bits per heavy atom. The Morgan fingerprint density at radius 2 is 1.80 bits per heavy atom. The largest absolute Gasteiger partial charge is 0.246 e. The summed E-state index contributed by atoms with van der Waals surface area (Å²) in [5.41, 5.74) is 2.00. The summed E-state index contributed by atoms with van der Waals surface area (Å²) in [5, 5.41) is 0.0190. The standard InChI is InChI=1S/C13H14ClN3O2S/c1-10-5-3-4-6-11(10)9-17(2)20(18,19)12-7-15-13(14)16-8-12/h3-8H,9H2,1-2H3. The lowest BCUT2D eigenvalue weighted by Crippen LogP contribution is -2.27. The van der Waals surface area contributed by atoms with Gasteiger partial charge in [0, 0.05) is 13.6 Å². The molecule has 106 valence electrons. The van der Waals surface area contributed by atoms with Crippen LogP contribution in [0.1, 0.15) is 11.1 Å². The maximum absolute atomic E-state index is 12.4. The molecule has 1 aromatic heterocycles. The second-order valence-corrected chi connectivity index (χ2v) is 6.76. The minimum Gasteiger partial charge on any atom is -0.225 e. The molecule has 0 atom stereocenters. The van der Waals surface area contributed by atoms with Crippen LogP contribution in [0, 0.1) is 6.92 Å². The summed E-state index contributed by atoms with van der Waals surface area (Å²) >= 11 is 5.56. The van der Waals surface area contributed by atoms with Gasteiger partial charge in [0.1, 0.15) is 4.90 Å². The Kier molecular flexibility index (Phi) is 4.37. The first-order valence-corrected chi connectivity index (χ1v) is 7.71. The predicted molar refractivity (Wildman–Crippen MR) is 76.9 cm³/mol. The Morgan fingerprint density at radius 3 is 2.40 bits per heavy atom. The van der Waals surface area contributed by atoms with Gasteiger partial charge in [-0.15, -0.1) is 0 Å². The van der Waals surface area contributed by atoms with Gasteiger partial charge in [-0.05, 0) is 29.7 Å². The van der Waals surface area contributed by atoms with Gasteiger partial charge in [-0.3, -0.25) is 0 Å². The molecule has 0 aliphatic heterocycles. The van der Waals surface area contributed by atoms with Crippen molar-refractivity contribution in [3.05, 3.63) is 53.1 Å². The number of aryl methyl sites for hydroxylation is 1. The van der Waals surface area contributed by atoms with Crippen molar-refractivity contribution in [2.24, 2.45) is 0 Å². The summed E-state index contributed by atoms with van der Waals surface area (Å²) in [6.07, 6.45) is 2.41. The Balaban J connectivity index is 2.26. The lowest BCUT2D eigenvalue weighted by Gasteiger charge is -2.18. The van der Waals surface area contributed by atoms with Crippen molar-refractivity contribution < 1.29 is 8.42 Å². The summed E-state index contributed by atoms with van der Waals surface area (Å²) in [6, 6.07) is 7.65. The highest BCUT2D eigenvalue weighted by atomic mass is 35.5. The SMILES string of the molecule is Cc1ccccc1CN(C)S(=O)(=O)c1cnc(Cl)nc1. The van der Waals surface area contributed by atoms with E-state index in [4.69, 9.17) is 11.6 Å². The van der Waals surface area contributed by atoms with Gasteiger partial charge < -0.3 is 0 Å². The first kappa shape index (κ1) is 14.9. The summed E-state index contributed by atoms with van der Waals surface area (Å²) in [5.74, 6) is 0. The minimum absolute atomic E-state index is 0.0190. The Hall–Kier alpha value is -1.50. The zero-order valence-corrected chi connectivity index (χ0v) is 12.7. The molecule has 20 heavy (non-hydrogen) atoms. The van der Waals surface area contributed by atoms with Crippen molar-refractivity contribution in [2.45, 2.75) is 18.4 Å². The number of nitrogens with zero attached hydrogens (tertiary/aromatic N) is 3. The quantitative estimate of drug-likeness (QED) is 0.813. The normalized spacial score (nSPS) is 11.8. The van der Waals surface area contributed by atoms with Gasteiger partial charge in [0.05, 0.1) is 12.4 Å². The number of rotatable bonds is 4. The lowest BCUT2D eigenvalue weighted by molar-refractivity contribution is 0.465. The molecule has 0 saturated carbocycles. The molecule has 0 aliphatic carbocycles. The smallest absolute Gasteiger partial charge is 0.225 e. The molecule has 0 aliphatic rings. The average Bonchev–Trinajstić information content (AvgIpc) is 2.41. The summed E-state index contributed by atoms with van der Waals surface area (Å²) in [7, 11) is -2.10. The Bertz CT molecular complexity index is 702. The molecule has 0 fully saturated rings. The predicted octanol–water partition coefficient (Wildman–Crippen LogP) is 2.26. The van der Waals surface area contributed by atoms with Crippen LogP contribution in [-0.2, 0) is 16.6 Å². The van der Waals surface area contributed by atoms with Crippen LogP contribution >= 0.6 is 11.6 Å². The molecule has 0 N–H and O–H groups in total. The fourth-order valence-corrected chi connectivity index (χ4v) is 2.86. The Labute approximate surface area is 123 Å².